The summed E-state index contributed by atoms with van der Waals surface area (Å²) in [6, 6.07) is 8.78. The maximum atomic E-state index is 15.8. The summed E-state index contributed by atoms with van der Waals surface area (Å²) in [4.78, 5) is 14.8. The van der Waals surface area contributed by atoms with Gasteiger partial charge in [-0.2, -0.15) is 13.2 Å². The van der Waals surface area contributed by atoms with Crippen LogP contribution in [0.4, 0.5) is 23.2 Å². The average Bonchev–Trinajstić information content (AvgIpc) is 3.39. The lowest BCUT2D eigenvalue weighted by molar-refractivity contribution is -0.138. The van der Waals surface area contributed by atoms with Crippen LogP contribution in [0.1, 0.15) is 69.9 Å². The van der Waals surface area contributed by atoms with Gasteiger partial charge in [0.05, 0.1) is 30.7 Å². The fourth-order valence-corrected chi connectivity index (χ4v) is 5.69. The number of alkyl halides is 4. The Labute approximate surface area is 216 Å². The summed E-state index contributed by atoms with van der Waals surface area (Å²) in [5.41, 5.74) is 5.67. The second-order valence-electron chi connectivity index (χ2n) is 10.6. The fraction of sp³-hybridized carbons (Fsp3) is 0.444. The van der Waals surface area contributed by atoms with Gasteiger partial charge >= 0.3 is 6.18 Å². The van der Waals surface area contributed by atoms with E-state index < -0.39 is 35.3 Å². The van der Waals surface area contributed by atoms with Crippen molar-refractivity contribution in [2.45, 2.75) is 49.6 Å². The van der Waals surface area contributed by atoms with Gasteiger partial charge < -0.3 is 19.9 Å². The van der Waals surface area contributed by atoms with Crippen LogP contribution >= 0.6 is 0 Å². The maximum absolute atomic E-state index is 15.8. The minimum atomic E-state index is -4.64. The molecule has 200 valence electrons. The van der Waals surface area contributed by atoms with Crippen molar-refractivity contribution in [1.82, 2.24) is 14.8 Å². The fourth-order valence-electron chi connectivity index (χ4n) is 5.69. The highest BCUT2D eigenvalue weighted by molar-refractivity contribution is 6.10. The Balaban J connectivity index is 1.36. The molecule has 0 spiro atoms. The molecule has 3 aliphatic rings. The Bertz CT molecular complexity index is 1400. The van der Waals surface area contributed by atoms with Gasteiger partial charge in [-0.3, -0.25) is 4.79 Å². The van der Waals surface area contributed by atoms with E-state index in [9.17, 15) is 18.0 Å². The van der Waals surface area contributed by atoms with Crippen molar-refractivity contribution in [3.8, 4) is 0 Å². The number of nitrogens with zero attached hydrogens (tertiary/aromatic N) is 4. The quantitative estimate of drug-likeness (QED) is 0.465. The number of ether oxygens (including phenoxy) is 1. The van der Waals surface area contributed by atoms with Gasteiger partial charge in [0.1, 0.15) is 6.33 Å². The van der Waals surface area contributed by atoms with Gasteiger partial charge in [-0.25, -0.2) is 4.39 Å². The summed E-state index contributed by atoms with van der Waals surface area (Å²) in [5.74, 6) is -0.273. The van der Waals surface area contributed by atoms with Gasteiger partial charge in [0, 0.05) is 24.3 Å². The molecule has 2 aromatic carbocycles. The molecule has 6 rings (SSSR count). The summed E-state index contributed by atoms with van der Waals surface area (Å²) in [6.07, 6.45) is -2.03. The first-order valence-corrected chi connectivity index (χ1v) is 12.6. The zero-order valence-corrected chi connectivity index (χ0v) is 20.7. The number of aryl methyl sites for hydroxylation is 1. The van der Waals surface area contributed by atoms with E-state index in [1.165, 1.54) is 21.9 Å². The molecule has 2 aliphatic heterocycles. The third kappa shape index (κ3) is 3.82. The molecule has 0 unspecified atom stereocenters. The maximum Gasteiger partial charge on any atom is 0.416 e. The van der Waals surface area contributed by atoms with E-state index in [-0.39, 0.29) is 42.6 Å². The monoisotopic (exact) mass is 529 g/mol. The van der Waals surface area contributed by atoms with Crippen LogP contribution in [0.5, 0.6) is 0 Å². The van der Waals surface area contributed by atoms with Crippen LogP contribution in [0.25, 0.3) is 0 Å². The Kier molecular flexibility index (Phi) is 5.84. The van der Waals surface area contributed by atoms with Crippen molar-refractivity contribution >= 4 is 11.6 Å². The van der Waals surface area contributed by atoms with Crippen molar-refractivity contribution in [2.75, 3.05) is 18.1 Å². The van der Waals surface area contributed by atoms with Crippen LogP contribution in [0.2, 0.25) is 0 Å². The third-order valence-electron chi connectivity index (χ3n) is 8.32. The SMILES string of the molecule is Cn1cnnc1[C@H](F)C1(c2cccc(N3Cc4c(cc([C@H](N)C5CCC5)cc4C(F)(F)F)C3=O)c2)COC1. The lowest BCUT2D eigenvalue weighted by atomic mass is 9.74. The van der Waals surface area contributed by atoms with E-state index >= 15 is 4.39 Å². The molecule has 7 nitrogen and oxygen atoms in total. The van der Waals surface area contributed by atoms with Crippen molar-refractivity contribution in [3.63, 3.8) is 0 Å². The number of anilines is 1. The number of hydrogen-bond donors (Lipinski definition) is 1. The number of fused-ring (bicyclic) bond motifs is 1. The molecule has 1 saturated heterocycles. The first kappa shape index (κ1) is 25.0. The van der Waals surface area contributed by atoms with E-state index in [1.54, 1.807) is 31.3 Å². The highest BCUT2D eigenvalue weighted by Gasteiger charge is 2.51. The number of benzene rings is 2. The minimum absolute atomic E-state index is 0.0131. The Morgan fingerprint density at radius 3 is 2.53 bits per heavy atom. The van der Waals surface area contributed by atoms with Crippen LogP contribution in [0.15, 0.2) is 42.7 Å². The minimum Gasteiger partial charge on any atom is -0.379 e. The molecule has 1 saturated carbocycles. The third-order valence-corrected chi connectivity index (χ3v) is 8.32. The average molecular weight is 530 g/mol. The number of rotatable bonds is 6. The number of halogens is 4. The van der Waals surface area contributed by atoms with Crippen LogP contribution < -0.4 is 10.6 Å². The zero-order chi connectivity index (χ0) is 26.8. The van der Waals surface area contributed by atoms with Crippen molar-refractivity contribution < 1.29 is 27.1 Å². The lowest BCUT2D eigenvalue weighted by Crippen LogP contribution is -2.50. The largest absolute Gasteiger partial charge is 0.416 e. The van der Waals surface area contributed by atoms with E-state index in [4.69, 9.17) is 10.5 Å². The number of carbonyl (C=O) groups is 1. The smallest absolute Gasteiger partial charge is 0.379 e. The van der Waals surface area contributed by atoms with Crippen molar-refractivity contribution in [3.05, 3.63) is 76.4 Å². The second-order valence-corrected chi connectivity index (χ2v) is 10.6. The summed E-state index contributed by atoms with van der Waals surface area (Å²) in [6.45, 7) is -0.0458. The summed E-state index contributed by atoms with van der Waals surface area (Å²) >= 11 is 0. The molecule has 0 bridgehead atoms. The van der Waals surface area contributed by atoms with Gasteiger partial charge in [-0.05, 0) is 59.7 Å². The van der Waals surface area contributed by atoms with Gasteiger partial charge in [-0.15, -0.1) is 10.2 Å². The molecule has 11 heteroatoms. The number of carbonyl (C=O) groups excluding carboxylic acids is 1. The molecule has 38 heavy (non-hydrogen) atoms. The normalized spacial score (nSPS) is 20.6. The zero-order valence-electron chi connectivity index (χ0n) is 20.7. The lowest BCUT2D eigenvalue weighted by Gasteiger charge is -2.43. The Morgan fingerprint density at radius 2 is 1.95 bits per heavy atom. The van der Waals surface area contributed by atoms with Crippen LogP contribution in [0.3, 0.4) is 0 Å². The summed E-state index contributed by atoms with van der Waals surface area (Å²) in [7, 11) is 1.65. The van der Waals surface area contributed by atoms with Gasteiger partial charge in [0.2, 0.25) is 0 Å². The molecule has 1 amide bonds. The highest BCUT2D eigenvalue weighted by atomic mass is 19.4. The second kappa shape index (κ2) is 8.88. The molecule has 1 aliphatic carbocycles. The van der Waals surface area contributed by atoms with Gasteiger partial charge in [0.25, 0.3) is 5.91 Å². The Hall–Kier alpha value is -3.31. The van der Waals surface area contributed by atoms with E-state index in [0.29, 0.717) is 16.8 Å². The molecule has 1 aromatic heterocycles. The number of hydrogen-bond acceptors (Lipinski definition) is 5. The first-order valence-electron chi connectivity index (χ1n) is 12.6. The van der Waals surface area contributed by atoms with E-state index in [0.717, 1.165) is 25.3 Å². The summed E-state index contributed by atoms with van der Waals surface area (Å²) < 4.78 is 65.1. The van der Waals surface area contributed by atoms with E-state index in [2.05, 4.69) is 10.2 Å². The van der Waals surface area contributed by atoms with E-state index in [1.807, 2.05) is 0 Å². The standard InChI is InChI=1S/C27H27F4N5O2/c1-35-14-33-34-24(35)23(28)26(12-38-13-26)17-6-3-7-18(10-17)36-11-20-19(25(36)37)8-16(9-21(20)27(29,30)31)22(32)15-4-2-5-15/h3,6-10,14-15,22-23H,2,4-5,11-13,32H2,1H3/t22-,23+/m1/s1. The Morgan fingerprint density at radius 1 is 1.18 bits per heavy atom. The molecular formula is C27H27F4N5O2. The first-order chi connectivity index (χ1) is 18.1. The molecule has 3 heterocycles. The molecule has 2 fully saturated rings. The van der Waals surface area contributed by atoms with Gasteiger partial charge in [-0.1, -0.05) is 18.6 Å². The topological polar surface area (TPSA) is 86.3 Å². The molecular weight excluding hydrogens is 502 g/mol. The molecule has 2 N–H and O–H groups in total. The molecule has 3 aromatic rings. The number of aromatic nitrogens is 3. The number of amides is 1. The van der Waals surface area contributed by atoms with Crippen molar-refractivity contribution in [1.29, 1.82) is 0 Å². The van der Waals surface area contributed by atoms with Crippen molar-refractivity contribution in [2.24, 2.45) is 18.7 Å². The number of nitrogens with two attached hydrogens (primary N) is 1. The summed E-state index contributed by atoms with van der Waals surface area (Å²) in [5, 5.41) is 7.67. The van der Waals surface area contributed by atoms with Crippen LogP contribution in [-0.2, 0) is 29.9 Å². The highest BCUT2D eigenvalue weighted by Crippen LogP contribution is 2.47. The predicted octanol–water partition coefficient (Wildman–Crippen LogP) is 4.77. The molecule has 2 atom stereocenters. The molecule has 0 radical (unpaired) electrons. The van der Waals surface area contributed by atoms with Crippen LogP contribution in [0, 0.1) is 5.92 Å². The predicted molar refractivity (Wildman–Crippen MR) is 130 cm³/mol. The van der Waals surface area contributed by atoms with Gasteiger partial charge in [0.15, 0.2) is 12.0 Å². The van der Waals surface area contributed by atoms with Crippen LogP contribution in [-0.4, -0.2) is 33.9 Å².